The molecule has 6 rings (SSSR count). The Balaban J connectivity index is 1.23. The summed E-state index contributed by atoms with van der Waals surface area (Å²) >= 11 is 3.47. The SMILES string of the molecule is C[C@@H](O)C(C(=O)N1C[C@@H](SC2=C(C(=O)O)N[C@@H]([C@H](C(=O)N3C[C@@H](SC4=C(C(=O)O)N[C@@H]([C@H](C(=O)O)[C@@H](C)O)[C@H]4C)C[C@H]3C(=O)N(C)C)[C@@H](C)O)[C@H]2C)C[C@H]1C(=O)N(C)C)[C@@H]1NC(C(=O)O)=C(S[C@@H]2CN[C@H](C(=O)N(C)C)C2)[C@@H]1C. The first kappa shape index (κ1) is 62.9. The molecule has 0 aromatic heterocycles. The Morgan fingerprint density at radius 1 is 0.494 bits per heavy atom. The van der Waals surface area contributed by atoms with Gasteiger partial charge in [-0.1, -0.05) is 20.8 Å². The van der Waals surface area contributed by atoms with E-state index in [-0.39, 0.29) is 64.0 Å². The van der Waals surface area contributed by atoms with Gasteiger partial charge in [0.05, 0.1) is 36.2 Å². The summed E-state index contributed by atoms with van der Waals surface area (Å²) in [7, 11) is 9.34. The van der Waals surface area contributed by atoms with Crippen LogP contribution in [0.3, 0.4) is 0 Å². The molecule has 0 spiro atoms. The van der Waals surface area contributed by atoms with E-state index in [1.165, 1.54) is 85.2 Å². The Labute approximate surface area is 471 Å². The zero-order valence-corrected chi connectivity index (χ0v) is 48.8. The molecule has 440 valence electrons. The van der Waals surface area contributed by atoms with E-state index in [2.05, 4.69) is 21.3 Å². The van der Waals surface area contributed by atoms with Crippen molar-refractivity contribution in [2.45, 2.75) is 131 Å². The molecular weight excluding hydrogens is 1090 g/mol. The molecule has 18 atom stereocenters. The molecule has 0 aromatic rings. The van der Waals surface area contributed by atoms with Gasteiger partial charge in [0.1, 0.15) is 35.1 Å². The van der Waals surface area contributed by atoms with Crippen molar-refractivity contribution >= 4 is 88.7 Å². The Kier molecular flexibility index (Phi) is 20.1. The van der Waals surface area contributed by atoms with Gasteiger partial charge < -0.3 is 81.5 Å². The monoisotopic (exact) mass is 1170 g/mol. The van der Waals surface area contributed by atoms with Gasteiger partial charge in [-0.2, -0.15) is 0 Å². The molecule has 6 heterocycles. The van der Waals surface area contributed by atoms with Crippen LogP contribution in [0, 0.1) is 35.5 Å². The van der Waals surface area contributed by atoms with Crippen molar-refractivity contribution < 1.29 is 78.9 Å². The highest BCUT2D eigenvalue weighted by Gasteiger charge is 2.54. The van der Waals surface area contributed by atoms with Crippen LogP contribution in [0.15, 0.2) is 31.8 Å². The number of aliphatic hydroxyl groups excluding tert-OH is 3. The van der Waals surface area contributed by atoms with Gasteiger partial charge in [0.2, 0.25) is 29.5 Å². The summed E-state index contributed by atoms with van der Waals surface area (Å²) in [6, 6.07) is -5.67. The minimum Gasteiger partial charge on any atom is -0.481 e. The third kappa shape index (κ3) is 12.9. The highest BCUT2D eigenvalue weighted by Crippen LogP contribution is 2.48. The molecule has 5 amide bonds. The highest BCUT2D eigenvalue weighted by atomic mass is 32.2. The predicted molar refractivity (Wildman–Crippen MR) is 292 cm³/mol. The molecule has 0 radical (unpaired) electrons. The third-order valence-electron chi connectivity index (χ3n) is 16.0. The first-order valence-electron chi connectivity index (χ1n) is 26.3. The number of aliphatic carboxylic acids is 4. The van der Waals surface area contributed by atoms with Gasteiger partial charge in [-0.3, -0.25) is 28.8 Å². The smallest absolute Gasteiger partial charge is 0.352 e. The van der Waals surface area contributed by atoms with Gasteiger partial charge in [0.25, 0.3) is 0 Å². The second-order valence-electron chi connectivity index (χ2n) is 22.2. The number of carbonyl (C=O) groups excluding carboxylic acids is 5. The van der Waals surface area contributed by atoms with E-state index in [0.717, 1.165) is 23.5 Å². The quantitative estimate of drug-likeness (QED) is 0.0650. The summed E-state index contributed by atoms with van der Waals surface area (Å²) in [6.45, 7) is 9.33. The summed E-state index contributed by atoms with van der Waals surface area (Å²) in [5.74, 6) is -13.9. The van der Waals surface area contributed by atoms with Crippen LogP contribution in [-0.2, 0) is 43.2 Å². The number of carbonyl (C=O) groups is 9. The van der Waals surface area contributed by atoms with Crippen molar-refractivity contribution in [2.24, 2.45) is 35.5 Å². The second-order valence-corrected chi connectivity index (χ2v) is 26.3. The number of thioether (sulfide) groups is 3. The van der Waals surface area contributed by atoms with Gasteiger partial charge in [0.15, 0.2) is 0 Å². The number of carboxylic acids is 4. The van der Waals surface area contributed by atoms with Crippen molar-refractivity contribution in [2.75, 3.05) is 61.9 Å². The van der Waals surface area contributed by atoms with E-state index in [9.17, 15) is 69.3 Å². The van der Waals surface area contributed by atoms with E-state index in [1.807, 2.05) is 0 Å². The molecule has 6 aliphatic rings. The topological polar surface area (TPSA) is 360 Å². The van der Waals surface area contributed by atoms with E-state index in [4.69, 9.17) is 0 Å². The average molecular weight is 1170 g/mol. The van der Waals surface area contributed by atoms with Crippen molar-refractivity contribution in [1.82, 2.24) is 45.8 Å². The molecule has 11 N–H and O–H groups in total. The minimum atomic E-state index is -1.43. The summed E-state index contributed by atoms with van der Waals surface area (Å²) in [4.78, 5) is 129. The van der Waals surface area contributed by atoms with Crippen LogP contribution in [-0.4, -0.2) is 246 Å². The van der Waals surface area contributed by atoms with E-state index in [1.54, 1.807) is 34.9 Å². The van der Waals surface area contributed by atoms with Crippen LogP contribution >= 0.6 is 35.3 Å². The largest absolute Gasteiger partial charge is 0.481 e. The Bertz CT molecular complexity index is 2540. The number of nitrogens with zero attached hydrogens (tertiary/aromatic N) is 5. The maximum absolute atomic E-state index is 15.1. The normalized spacial score (nSPS) is 31.0. The Morgan fingerprint density at radius 3 is 1.10 bits per heavy atom. The van der Waals surface area contributed by atoms with Crippen molar-refractivity contribution in [3.63, 3.8) is 0 Å². The molecule has 0 aliphatic carbocycles. The molecular formula is C51H77N9O16S3. The lowest BCUT2D eigenvalue weighted by molar-refractivity contribution is -0.148. The molecule has 3 saturated heterocycles. The molecule has 0 aromatic carbocycles. The molecule has 0 saturated carbocycles. The second kappa shape index (κ2) is 25.3. The number of carboxylic acid groups (broad SMARTS) is 4. The van der Waals surface area contributed by atoms with Crippen LogP contribution in [0.25, 0.3) is 0 Å². The maximum atomic E-state index is 15.1. The lowest BCUT2D eigenvalue weighted by Gasteiger charge is -2.35. The lowest BCUT2D eigenvalue weighted by Crippen LogP contribution is -2.54. The zero-order chi connectivity index (χ0) is 59.1. The van der Waals surface area contributed by atoms with E-state index in [0.29, 0.717) is 17.9 Å². The van der Waals surface area contributed by atoms with Crippen LogP contribution in [0.1, 0.15) is 60.8 Å². The lowest BCUT2D eigenvalue weighted by atomic mass is 9.86. The number of likely N-dealkylation sites (tertiary alicyclic amines) is 2. The summed E-state index contributed by atoms with van der Waals surface area (Å²) in [5, 5.41) is 85.1. The van der Waals surface area contributed by atoms with Gasteiger partial charge >= 0.3 is 23.9 Å². The molecule has 79 heavy (non-hydrogen) atoms. The van der Waals surface area contributed by atoms with Gasteiger partial charge in [0, 0.05) is 128 Å². The fourth-order valence-corrected chi connectivity index (χ4v) is 16.4. The molecule has 0 bridgehead atoms. The third-order valence-corrected chi connectivity index (χ3v) is 20.5. The van der Waals surface area contributed by atoms with Crippen molar-refractivity contribution in [3.05, 3.63) is 31.8 Å². The summed E-state index contributed by atoms with van der Waals surface area (Å²) in [5.41, 5.74) is -0.682. The number of hydrogen-bond acceptors (Lipinski definition) is 19. The number of hydrogen-bond donors (Lipinski definition) is 11. The molecule has 1 unspecified atom stereocenters. The number of amides is 5. The minimum absolute atomic E-state index is 0.0334. The van der Waals surface area contributed by atoms with Crippen molar-refractivity contribution in [3.8, 4) is 0 Å². The number of rotatable bonds is 21. The summed E-state index contributed by atoms with van der Waals surface area (Å²) < 4.78 is 0. The number of aliphatic hydroxyl groups is 3. The maximum Gasteiger partial charge on any atom is 0.352 e. The molecule has 3 fully saturated rings. The number of nitrogens with one attached hydrogen (secondary N) is 4. The fourth-order valence-electron chi connectivity index (χ4n) is 12.0. The van der Waals surface area contributed by atoms with Crippen LogP contribution in [0.5, 0.6) is 0 Å². The fraction of sp³-hybridized carbons (Fsp3) is 0.706. The Morgan fingerprint density at radius 2 is 0.810 bits per heavy atom. The van der Waals surface area contributed by atoms with Crippen LogP contribution in [0.2, 0.25) is 0 Å². The number of likely N-dealkylation sites (N-methyl/N-ethyl adjacent to an activating group) is 3. The van der Waals surface area contributed by atoms with Gasteiger partial charge in [-0.05, 0) is 40.0 Å². The van der Waals surface area contributed by atoms with Gasteiger partial charge in [-0.25, -0.2) is 14.4 Å². The van der Waals surface area contributed by atoms with E-state index >= 15 is 9.59 Å². The first-order chi connectivity index (χ1) is 36.8. The first-order valence-corrected chi connectivity index (χ1v) is 28.9. The predicted octanol–water partition coefficient (Wildman–Crippen LogP) is -1.09. The highest BCUT2D eigenvalue weighted by molar-refractivity contribution is 8.04. The van der Waals surface area contributed by atoms with Crippen LogP contribution in [0.4, 0.5) is 0 Å². The molecule has 6 aliphatic heterocycles. The standard InChI is InChI=1S/C51H77N9O16S3/c1-19-34(53-37(49(71)72)40(19)77-25-13-28(52-16-25)43(64)56(7)8)31(22(4)61)46(67)59-17-26(14-29(59)44(65)57(9)10)78-41-20(2)35(54-38(41)50(73)74)32(23(5)62)47(68)60-18-27(15-30(60)45(66)58(11)12)79-42-21(3)36(55-39(42)51(75)76)33(24(6)63)48(69)70/h19-36,52-55,61-63H,13-18H2,1-12H3,(H,69,70)(H,71,72)(H,73,74)(H,75,76)/t19-,20-,21-,22-,23-,24-,25+,26+,27+,28+,29+,30+,31?,32-,33-,34-,35-,36-/m1/s1. The average Bonchev–Trinajstić information content (AvgIpc) is 4.35. The Hall–Kier alpha value is -5.26. The van der Waals surface area contributed by atoms with E-state index < -0.39 is 148 Å². The molecule has 25 nitrogen and oxygen atoms in total. The van der Waals surface area contributed by atoms with Crippen molar-refractivity contribution in [1.29, 1.82) is 0 Å². The molecule has 28 heteroatoms. The zero-order valence-electron chi connectivity index (χ0n) is 46.4. The summed E-state index contributed by atoms with van der Waals surface area (Å²) in [6.07, 6.45) is -3.62. The van der Waals surface area contributed by atoms with Crippen LogP contribution < -0.4 is 21.3 Å². The van der Waals surface area contributed by atoms with Gasteiger partial charge in [-0.15, -0.1) is 35.3 Å².